The highest BCUT2D eigenvalue weighted by atomic mass is 35.5. The van der Waals surface area contributed by atoms with Crippen LogP contribution in [0.3, 0.4) is 0 Å². The number of aldehydes is 1. The number of pyridine rings is 1. The van der Waals surface area contributed by atoms with Crippen LogP contribution in [0.5, 0.6) is 5.75 Å². The lowest BCUT2D eigenvalue weighted by atomic mass is 10.1. The molecule has 0 bridgehead atoms. The smallest absolute Gasteiger partial charge is 0.148 e. The third-order valence-corrected chi connectivity index (χ3v) is 6.24. The van der Waals surface area contributed by atoms with Crippen LogP contribution >= 0.6 is 11.6 Å². The molecular weight excluding hydrogens is 466 g/mol. The second-order valence-corrected chi connectivity index (χ2v) is 8.76. The fourth-order valence-corrected chi connectivity index (χ4v) is 4.31. The van der Waals surface area contributed by atoms with Gasteiger partial charge in [-0.15, -0.1) is 0 Å². The average molecular weight is 494 g/mol. The molecule has 0 saturated heterocycles. The quantitative estimate of drug-likeness (QED) is 0.307. The van der Waals surface area contributed by atoms with Gasteiger partial charge in [0, 0.05) is 43.2 Å². The van der Waals surface area contributed by atoms with E-state index in [1.807, 2.05) is 31.3 Å². The van der Waals surface area contributed by atoms with Crippen LogP contribution in [0, 0.1) is 6.92 Å². The van der Waals surface area contributed by atoms with Crippen LogP contribution in [-0.4, -0.2) is 60.9 Å². The van der Waals surface area contributed by atoms with Crippen molar-refractivity contribution in [3.8, 4) is 17.0 Å². The minimum absolute atomic E-state index is 0.297. The van der Waals surface area contributed by atoms with Crippen LogP contribution in [0.1, 0.15) is 30.0 Å². The molecule has 0 radical (unpaired) electrons. The molecule has 182 valence electrons. The molecule has 5 heterocycles. The first-order chi connectivity index (χ1) is 16.9. The van der Waals surface area contributed by atoms with Gasteiger partial charge in [0.05, 0.1) is 23.5 Å². The zero-order chi connectivity index (χ0) is 24.9. The van der Waals surface area contributed by atoms with Crippen LogP contribution in [0.4, 0.5) is 0 Å². The molecule has 0 fully saturated rings. The number of hydrogen-bond donors (Lipinski definition) is 0. The fourth-order valence-electron chi connectivity index (χ4n) is 4.08. The number of fused-ring (bicyclic) bond motifs is 2. The molecule has 1 aliphatic heterocycles. The number of halogens is 1. The van der Waals surface area contributed by atoms with E-state index in [1.54, 1.807) is 16.9 Å². The van der Waals surface area contributed by atoms with E-state index in [0.717, 1.165) is 48.5 Å². The minimum Gasteiger partial charge on any atom is -0.482 e. The molecule has 10 heteroatoms. The van der Waals surface area contributed by atoms with E-state index in [-0.39, 0.29) is 6.10 Å². The third-order valence-electron chi connectivity index (χ3n) is 5.96. The lowest BCUT2D eigenvalue weighted by molar-refractivity contribution is -0.104. The van der Waals surface area contributed by atoms with Crippen LogP contribution in [0.25, 0.3) is 16.8 Å². The Kier molecular flexibility index (Phi) is 7.57. The highest BCUT2D eigenvalue weighted by molar-refractivity contribution is 6.34. The number of hydrogen-bond acceptors (Lipinski definition) is 7. The van der Waals surface area contributed by atoms with Crippen molar-refractivity contribution < 1.29 is 9.53 Å². The first kappa shape index (κ1) is 24.6. The summed E-state index contributed by atoms with van der Waals surface area (Å²) in [4.78, 5) is 11.4. The standard InChI is InChI=1S/C22H24ClN7O.C3H4O/c1-14-19-6-8-28(3)9-10-29(19)27-21(14)16-11-20(22-17(23)12-25-30(22)13-16)31-15(2)18-5-4-7-24-26-18;1-2-3-4/h4-5,7,11-13,15H,6,8-10H2,1-3H3;2-3H,1H2. The predicted octanol–water partition coefficient (Wildman–Crippen LogP) is 3.95. The molecule has 0 saturated carbocycles. The average Bonchev–Trinajstić information content (AvgIpc) is 3.34. The van der Waals surface area contributed by atoms with Gasteiger partial charge in [-0.25, -0.2) is 4.52 Å². The molecule has 4 aromatic heterocycles. The fraction of sp³-hybridized carbons (Fsp3) is 0.320. The van der Waals surface area contributed by atoms with E-state index in [2.05, 4.69) is 45.4 Å². The van der Waals surface area contributed by atoms with Crippen molar-refractivity contribution >= 4 is 23.4 Å². The van der Waals surface area contributed by atoms with Gasteiger partial charge in [-0.1, -0.05) is 18.2 Å². The number of ether oxygens (including phenoxy) is 1. The Balaban J connectivity index is 0.000000672. The van der Waals surface area contributed by atoms with Gasteiger partial charge in [-0.2, -0.15) is 20.4 Å². The second kappa shape index (κ2) is 10.8. The SMILES string of the molecule is C=CC=O.Cc1c(-c2cc(OC(C)c3cccnn3)c3c(Cl)cnn3c2)nn2c1CCN(C)CC2. The molecule has 1 unspecified atom stereocenters. The normalized spacial score (nSPS) is 14.4. The Labute approximate surface area is 209 Å². The Morgan fingerprint density at radius 3 is 2.80 bits per heavy atom. The maximum Gasteiger partial charge on any atom is 0.148 e. The summed E-state index contributed by atoms with van der Waals surface area (Å²) in [5.74, 6) is 0.639. The van der Waals surface area contributed by atoms with Crippen LogP contribution in [0.2, 0.25) is 5.02 Å². The zero-order valence-corrected chi connectivity index (χ0v) is 20.8. The van der Waals surface area contributed by atoms with E-state index < -0.39 is 0 Å². The Morgan fingerprint density at radius 1 is 1.29 bits per heavy atom. The van der Waals surface area contributed by atoms with Gasteiger partial charge in [-0.3, -0.25) is 9.48 Å². The summed E-state index contributed by atoms with van der Waals surface area (Å²) in [5.41, 5.74) is 5.84. The summed E-state index contributed by atoms with van der Waals surface area (Å²) in [6, 6.07) is 5.74. The van der Waals surface area contributed by atoms with Gasteiger partial charge in [0.25, 0.3) is 0 Å². The first-order valence-corrected chi connectivity index (χ1v) is 11.7. The van der Waals surface area contributed by atoms with Crippen LogP contribution in [0.15, 0.2) is 49.4 Å². The summed E-state index contributed by atoms with van der Waals surface area (Å²) in [6.45, 7) is 10.1. The molecule has 9 nitrogen and oxygen atoms in total. The van der Waals surface area contributed by atoms with Crippen molar-refractivity contribution in [2.75, 3.05) is 20.1 Å². The van der Waals surface area contributed by atoms with E-state index in [0.29, 0.717) is 17.1 Å². The van der Waals surface area contributed by atoms with Crippen molar-refractivity contribution in [3.63, 3.8) is 0 Å². The number of rotatable bonds is 5. The zero-order valence-electron chi connectivity index (χ0n) is 20.1. The van der Waals surface area contributed by atoms with Gasteiger partial charge in [0.2, 0.25) is 0 Å². The van der Waals surface area contributed by atoms with E-state index >= 15 is 0 Å². The molecule has 1 atom stereocenters. The Bertz CT molecular complexity index is 1330. The molecule has 1 aliphatic rings. The summed E-state index contributed by atoms with van der Waals surface area (Å²) < 4.78 is 10.2. The van der Waals surface area contributed by atoms with Gasteiger partial charge >= 0.3 is 0 Å². The van der Waals surface area contributed by atoms with Gasteiger partial charge in [0.1, 0.15) is 29.4 Å². The van der Waals surface area contributed by atoms with Crippen molar-refractivity contribution in [1.82, 2.24) is 34.5 Å². The molecule has 0 aromatic carbocycles. The molecule has 4 aromatic rings. The molecular formula is C25H28ClN7O2. The molecule has 0 spiro atoms. The van der Waals surface area contributed by atoms with E-state index in [1.165, 1.54) is 17.3 Å². The first-order valence-electron chi connectivity index (χ1n) is 11.4. The van der Waals surface area contributed by atoms with Crippen molar-refractivity contribution in [2.24, 2.45) is 0 Å². The second-order valence-electron chi connectivity index (χ2n) is 8.36. The summed E-state index contributed by atoms with van der Waals surface area (Å²) in [6.07, 6.45) is 7.76. The molecule has 0 amide bonds. The number of likely N-dealkylation sites (N-methyl/N-ethyl adjacent to an activating group) is 1. The van der Waals surface area contributed by atoms with E-state index in [4.69, 9.17) is 26.2 Å². The van der Waals surface area contributed by atoms with Crippen molar-refractivity contribution in [1.29, 1.82) is 0 Å². The molecule has 0 aliphatic carbocycles. The Hall–Kier alpha value is -3.56. The van der Waals surface area contributed by atoms with Crippen LogP contribution < -0.4 is 4.74 Å². The summed E-state index contributed by atoms with van der Waals surface area (Å²) in [5, 5.41) is 18.0. The summed E-state index contributed by atoms with van der Waals surface area (Å²) >= 11 is 6.44. The van der Waals surface area contributed by atoms with Gasteiger partial charge in [0.15, 0.2) is 0 Å². The van der Waals surface area contributed by atoms with Crippen LogP contribution in [-0.2, 0) is 17.8 Å². The van der Waals surface area contributed by atoms with Gasteiger partial charge in [-0.05, 0) is 50.7 Å². The number of allylic oxidation sites excluding steroid dienone is 1. The lowest BCUT2D eigenvalue weighted by Crippen LogP contribution is -2.21. The number of aromatic nitrogens is 6. The maximum atomic E-state index is 9.06. The number of nitrogens with zero attached hydrogens (tertiary/aromatic N) is 7. The number of carbonyl (C=O) groups excluding carboxylic acids is 1. The summed E-state index contributed by atoms with van der Waals surface area (Å²) in [7, 11) is 2.15. The topological polar surface area (TPSA) is 90.4 Å². The monoisotopic (exact) mass is 493 g/mol. The lowest BCUT2D eigenvalue weighted by Gasteiger charge is -2.16. The number of carbonyl (C=O) groups is 1. The highest BCUT2D eigenvalue weighted by Gasteiger charge is 2.22. The third kappa shape index (κ3) is 5.26. The maximum absolute atomic E-state index is 9.06. The van der Waals surface area contributed by atoms with Gasteiger partial charge < -0.3 is 9.64 Å². The molecule has 5 rings (SSSR count). The highest BCUT2D eigenvalue weighted by Crippen LogP contribution is 2.35. The molecule has 35 heavy (non-hydrogen) atoms. The molecule has 0 N–H and O–H groups in total. The minimum atomic E-state index is -0.297. The van der Waals surface area contributed by atoms with Crippen molar-refractivity contribution in [3.05, 3.63) is 71.4 Å². The Morgan fingerprint density at radius 2 is 2.09 bits per heavy atom. The van der Waals surface area contributed by atoms with E-state index in [9.17, 15) is 0 Å². The van der Waals surface area contributed by atoms with Crippen molar-refractivity contribution in [2.45, 2.75) is 32.9 Å². The predicted molar refractivity (Wildman–Crippen MR) is 135 cm³/mol. The largest absolute Gasteiger partial charge is 0.482 e.